The zero-order valence-corrected chi connectivity index (χ0v) is 11.3. The summed E-state index contributed by atoms with van der Waals surface area (Å²) in [6.07, 6.45) is 7.70. The van der Waals surface area contributed by atoms with Gasteiger partial charge in [-0.25, -0.2) is 0 Å². The minimum atomic E-state index is -0.0195. The molecule has 1 heterocycles. The molecule has 2 rings (SSSR count). The average molecular weight is 237 g/mol. The molecule has 16 heavy (non-hydrogen) atoms. The van der Waals surface area contributed by atoms with Crippen LogP contribution in [0.4, 0.5) is 0 Å². The van der Waals surface area contributed by atoms with Gasteiger partial charge in [0, 0.05) is 10.4 Å². The van der Waals surface area contributed by atoms with E-state index in [0.717, 1.165) is 5.92 Å². The molecule has 0 atom stereocenters. The standard InChI is InChI=1S/C14H23NS/c1-3-4-12-5-8-14(15,9-6-12)13-7-10-16-11(13)2/h7,10,12H,3-6,8-9,15H2,1-2H3. The topological polar surface area (TPSA) is 26.0 Å². The first-order valence-electron chi connectivity index (χ1n) is 6.49. The van der Waals surface area contributed by atoms with E-state index in [9.17, 15) is 0 Å². The first kappa shape index (κ1) is 12.1. The van der Waals surface area contributed by atoms with Gasteiger partial charge in [0.1, 0.15) is 0 Å². The van der Waals surface area contributed by atoms with Crippen molar-refractivity contribution in [3.05, 3.63) is 21.9 Å². The van der Waals surface area contributed by atoms with Crippen LogP contribution in [-0.2, 0) is 5.54 Å². The monoisotopic (exact) mass is 237 g/mol. The predicted molar refractivity (Wildman–Crippen MR) is 71.8 cm³/mol. The van der Waals surface area contributed by atoms with Gasteiger partial charge >= 0.3 is 0 Å². The smallest absolute Gasteiger partial charge is 0.0420 e. The van der Waals surface area contributed by atoms with Crippen molar-refractivity contribution in [2.75, 3.05) is 0 Å². The summed E-state index contributed by atoms with van der Waals surface area (Å²) in [6.45, 7) is 4.49. The fourth-order valence-electron chi connectivity index (χ4n) is 3.06. The molecule has 0 spiro atoms. The maximum atomic E-state index is 6.59. The quantitative estimate of drug-likeness (QED) is 0.837. The fraction of sp³-hybridized carbons (Fsp3) is 0.714. The predicted octanol–water partition coefficient (Wildman–Crippen LogP) is 4.20. The Morgan fingerprint density at radius 3 is 2.62 bits per heavy atom. The van der Waals surface area contributed by atoms with E-state index in [-0.39, 0.29) is 5.54 Å². The van der Waals surface area contributed by atoms with Crippen LogP contribution in [0.1, 0.15) is 55.9 Å². The van der Waals surface area contributed by atoms with Crippen molar-refractivity contribution in [1.29, 1.82) is 0 Å². The zero-order chi connectivity index (χ0) is 11.6. The lowest BCUT2D eigenvalue weighted by atomic mass is 9.72. The van der Waals surface area contributed by atoms with E-state index in [1.807, 2.05) is 11.3 Å². The molecule has 1 fully saturated rings. The highest BCUT2D eigenvalue weighted by molar-refractivity contribution is 7.10. The van der Waals surface area contributed by atoms with Gasteiger partial charge in [0.25, 0.3) is 0 Å². The highest BCUT2D eigenvalue weighted by atomic mass is 32.1. The minimum Gasteiger partial charge on any atom is -0.321 e. The number of aryl methyl sites for hydroxylation is 1. The Morgan fingerprint density at radius 1 is 1.44 bits per heavy atom. The summed E-state index contributed by atoms with van der Waals surface area (Å²) in [5.74, 6) is 0.931. The number of thiophene rings is 1. The number of hydrogen-bond donors (Lipinski definition) is 1. The SMILES string of the molecule is CCCC1CCC(N)(c2ccsc2C)CC1. The Balaban J connectivity index is 2.04. The van der Waals surface area contributed by atoms with E-state index < -0.39 is 0 Å². The van der Waals surface area contributed by atoms with Crippen molar-refractivity contribution in [2.45, 2.75) is 57.9 Å². The lowest BCUT2D eigenvalue weighted by molar-refractivity contribution is 0.226. The molecule has 1 aromatic rings. The van der Waals surface area contributed by atoms with E-state index in [1.165, 1.54) is 49.0 Å². The maximum Gasteiger partial charge on any atom is 0.0420 e. The highest BCUT2D eigenvalue weighted by Crippen LogP contribution is 2.41. The molecule has 1 nitrogen and oxygen atoms in total. The van der Waals surface area contributed by atoms with Crippen molar-refractivity contribution in [2.24, 2.45) is 11.7 Å². The Morgan fingerprint density at radius 2 is 2.12 bits per heavy atom. The second-order valence-electron chi connectivity index (χ2n) is 5.28. The summed E-state index contributed by atoms with van der Waals surface area (Å²) < 4.78 is 0. The van der Waals surface area contributed by atoms with Crippen LogP contribution in [0.25, 0.3) is 0 Å². The third-order valence-electron chi connectivity index (χ3n) is 4.09. The van der Waals surface area contributed by atoms with Gasteiger partial charge in [-0.15, -0.1) is 11.3 Å². The van der Waals surface area contributed by atoms with Gasteiger partial charge in [-0.3, -0.25) is 0 Å². The van der Waals surface area contributed by atoms with Crippen LogP contribution < -0.4 is 5.73 Å². The number of rotatable bonds is 3. The van der Waals surface area contributed by atoms with Gasteiger partial charge in [0.15, 0.2) is 0 Å². The number of hydrogen-bond acceptors (Lipinski definition) is 2. The molecular formula is C14H23NS. The normalized spacial score (nSPS) is 30.6. The summed E-state index contributed by atoms with van der Waals surface area (Å²) >= 11 is 1.83. The largest absolute Gasteiger partial charge is 0.321 e. The van der Waals surface area contributed by atoms with Crippen LogP contribution in [-0.4, -0.2) is 0 Å². The molecule has 90 valence electrons. The molecule has 1 saturated carbocycles. The third-order valence-corrected chi connectivity index (χ3v) is 4.94. The Kier molecular flexibility index (Phi) is 3.70. The molecule has 0 amide bonds. The summed E-state index contributed by atoms with van der Waals surface area (Å²) in [5, 5.41) is 2.18. The number of nitrogens with two attached hydrogens (primary N) is 1. The van der Waals surface area contributed by atoms with Crippen molar-refractivity contribution < 1.29 is 0 Å². The van der Waals surface area contributed by atoms with Crippen LogP contribution in [0.2, 0.25) is 0 Å². The van der Waals surface area contributed by atoms with Gasteiger partial charge in [-0.1, -0.05) is 19.8 Å². The first-order valence-corrected chi connectivity index (χ1v) is 7.37. The van der Waals surface area contributed by atoms with E-state index in [2.05, 4.69) is 25.3 Å². The second kappa shape index (κ2) is 4.89. The van der Waals surface area contributed by atoms with Gasteiger partial charge in [-0.05, 0) is 55.5 Å². The Labute approximate surface area is 103 Å². The zero-order valence-electron chi connectivity index (χ0n) is 10.5. The van der Waals surface area contributed by atoms with Crippen molar-refractivity contribution in [1.82, 2.24) is 0 Å². The van der Waals surface area contributed by atoms with Gasteiger partial charge in [0.2, 0.25) is 0 Å². The van der Waals surface area contributed by atoms with Crippen LogP contribution in [0, 0.1) is 12.8 Å². The van der Waals surface area contributed by atoms with Gasteiger partial charge < -0.3 is 5.73 Å². The van der Waals surface area contributed by atoms with Crippen LogP contribution >= 0.6 is 11.3 Å². The maximum absolute atomic E-state index is 6.59. The second-order valence-corrected chi connectivity index (χ2v) is 6.40. The summed E-state index contributed by atoms with van der Waals surface area (Å²) in [7, 11) is 0. The highest BCUT2D eigenvalue weighted by Gasteiger charge is 2.34. The Bertz CT molecular complexity index is 334. The molecule has 1 aromatic heterocycles. The van der Waals surface area contributed by atoms with Crippen molar-refractivity contribution in [3.8, 4) is 0 Å². The van der Waals surface area contributed by atoms with E-state index in [4.69, 9.17) is 5.73 Å². The molecule has 0 aromatic carbocycles. The summed E-state index contributed by atoms with van der Waals surface area (Å²) in [5.41, 5.74) is 7.98. The molecule has 0 unspecified atom stereocenters. The van der Waals surface area contributed by atoms with Crippen molar-refractivity contribution in [3.63, 3.8) is 0 Å². The van der Waals surface area contributed by atoms with Crippen LogP contribution in [0.3, 0.4) is 0 Å². The van der Waals surface area contributed by atoms with Crippen LogP contribution in [0.5, 0.6) is 0 Å². The molecule has 0 bridgehead atoms. The first-order chi connectivity index (χ1) is 7.65. The Hall–Kier alpha value is -0.340. The molecule has 0 aliphatic heterocycles. The lowest BCUT2D eigenvalue weighted by Crippen LogP contribution is -2.40. The van der Waals surface area contributed by atoms with E-state index in [1.54, 1.807) is 0 Å². The third kappa shape index (κ3) is 2.33. The molecule has 2 heteroatoms. The van der Waals surface area contributed by atoms with Gasteiger partial charge in [0.05, 0.1) is 0 Å². The molecular weight excluding hydrogens is 214 g/mol. The summed E-state index contributed by atoms with van der Waals surface area (Å²) in [4.78, 5) is 1.41. The van der Waals surface area contributed by atoms with E-state index in [0.29, 0.717) is 0 Å². The molecule has 0 radical (unpaired) electrons. The molecule has 0 saturated heterocycles. The van der Waals surface area contributed by atoms with E-state index >= 15 is 0 Å². The molecule has 2 N–H and O–H groups in total. The summed E-state index contributed by atoms with van der Waals surface area (Å²) in [6, 6.07) is 2.24. The fourth-order valence-corrected chi connectivity index (χ4v) is 3.87. The lowest BCUT2D eigenvalue weighted by Gasteiger charge is -2.37. The van der Waals surface area contributed by atoms with Crippen LogP contribution in [0.15, 0.2) is 11.4 Å². The molecule has 1 aliphatic carbocycles. The van der Waals surface area contributed by atoms with Gasteiger partial charge in [-0.2, -0.15) is 0 Å². The molecule has 1 aliphatic rings. The minimum absolute atomic E-state index is 0.0195. The van der Waals surface area contributed by atoms with Crippen molar-refractivity contribution >= 4 is 11.3 Å². The average Bonchev–Trinajstić information content (AvgIpc) is 2.69.